The van der Waals surface area contributed by atoms with Gasteiger partial charge in [0.25, 0.3) is 0 Å². The number of hydrogen-bond acceptors (Lipinski definition) is 2. The third-order valence-electron chi connectivity index (χ3n) is 3.33. The fourth-order valence-corrected chi connectivity index (χ4v) is 2.39. The van der Waals surface area contributed by atoms with E-state index in [9.17, 15) is 0 Å². The van der Waals surface area contributed by atoms with Crippen LogP contribution in [-0.2, 0) is 13.0 Å². The molecule has 0 bridgehead atoms. The smallest absolute Gasteiger partial charge is 0.0596 e. The van der Waals surface area contributed by atoms with Gasteiger partial charge in [0.15, 0.2) is 0 Å². The molecular weight excluding hydrogens is 222 g/mol. The highest BCUT2D eigenvalue weighted by Gasteiger charge is 2.13. The molecule has 1 unspecified atom stereocenters. The molecule has 0 aliphatic heterocycles. The van der Waals surface area contributed by atoms with Crippen LogP contribution in [0.25, 0.3) is 0 Å². The summed E-state index contributed by atoms with van der Waals surface area (Å²) in [5.74, 6) is 0.781. The van der Waals surface area contributed by atoms with E-state index in [2.05, 4.69) is 55.8 Å². The van der Waals surface area contributed by atoms with Crippen LogP contribution in [0.1, 0.15) is 51.9 Å². The van der Waals surface area contributed by atoms with E-state index in [1.54, 1.807) is 0 Å². The van der Waals surface area contributed by atoms with E-state index in [0.29, 0.717) is 6.04 Å². The zero-order valence-corrected chi connectivity index (χ0v) is 12.7. The van der Waals surface area contributed by atoms with E-state index in [4.69, 9.17) is 0 Å². The topological polar surface area (TPSA) is 29.9 Å². The van der Waals surface area contributed by atoms with Crippen LogP contribution >= 0.6 is 0 Å². The van der Waals surface area contributed by atoms with Crippen molar-refractivity contribution in [2.24, 2.45) is 5.92 Å². The van der Waals surface area contributed by atoms with Crippen molar-refractivity contribution in [1.82, 2.24) is 15.1 Å². The third-order valence-corrected chi connectivity index (χ3v) is 3.33. The molecule has 1 atom stereocenters. The Labute approximate surface area is 112 Å². The number of nitrogens with zero attached hydrogens (tertiary/aromatic N) is 2. The summed E-state index contributed by atoms with van der Waals surface area (Å²) in [4.78, 5) is 0. The third kappa shape index (κ3) is 4.81. The molecule has 1 rings (SSSR count). The maximum Gasteiger partial charge on any atom is 0.0596 e. The molecule has 1 N–H and O–H groups in total. The second kappa shape index (κ2) is 7.57. The average molecular weight is 251 g/mol. The second-order valence-electron chi connectivity index (χ2n) is 5.52. The normalized spacial score (nSPS) is 13.2. The van der Waals surface area contributed by atoms with Crippen molar-refractivity contribution < 1.29 is 0 Å². The molecule has 0 saturated heterocycles. The molecule has 3 heteroatoms. The van der Waals surface area contributed by atoms with E-state index in [0.717, 1.165) is 31.1 Å². The predicted octanol–water partition coefficient (Wildman–Crippen LogP) is 3.17. The van der Waals surface area contributed by atoms with Crippen LogP contribution < -0.4 is 5.32 Å². The highest BCUT2D eigenvalue weighted by Crippen LogP contribution is 2.13. The Kier molecular flexibility index (Phi) is 6.41. The van der Waals surface area contributed by atoms with Gasteiger partial charge in [-0.1, -0.05) is 20.8 Å². The van der Waals surface area contributed by atoms with Gasteiger partial charge < -0.3 is 5.32 Å². The number of aryl methyl sites for hydroxylation is 2. The van der Waals surface area contributed by atoms with Gasteiger partial charge in [-0.15, -0.1) is 0 Å². The Morgan fingerprint density at radius 2 is 2.00 bits per heavy atom. The fourth-order valence-electron chi connectivity index (χ4n) is 2.39. The van der Waals surface area contributed by atoms with Gasteiger partial charge in [0.2, 0.25) is 0 Å². The van der Waals surface area contributed by atoms with Gasteiger partial charge in [-0.3, -0.25) is 4.68 Å². The van der Waals surface area contributed by atoms with E-state index < -0.39 is 0 Å². The molecular formula is C15H29N3. The summed E-state index contributed by atoms with van der Waals surface area (Å²) in [6.07, 6.45) is 3.63. The maximum atomic E-state index is 4.53. The van der Waals surface area contributed by atoms with E-state index >= 15 is 0 Å². The molecule has 0 aromatic carbocycles. The van der Waals surface area contributed by atoms with Crippen molar-refractivity contribution in [2.45, 2.75) is 66.5 Å². The summed E-state index contributed by atoms with van der Waals surface area (Å²) in [6, 6.07) is 2.81. The summed E-state index contributed by atoms with van der Waals surface area (Å²) in [5.41, 5.74) is 2.50. The maximum absolute atomic E-state index is 4.53. The van der Waals surface area contributed by atoms with Crippen LogP contribution in [0.15, 0.2) is 6.07 Å². The van der Waals surface area contributed by atoms with Crippen LogP contribution in [-0.4, -0.2) is 22.4 Å². The molecule has 0 amide bonds. The molecule has 1 aromatic heterocycles. The minimum Gasteiger partial charge on any atom is -0.314 e. The minimum atomic E-state index is 0.582. The second-order valence-corrected chi connectivity index (χ2v) is 5.52. The van der Waals surface area contributed by atoms with Gasteiger partial charge in [0, 0.05) is 24.7 Å². The predicted molar refractivity (Wildman–Crippen MR) is 77.9 cm³/mol. The lowest BCUT2D eigenvalue weighted by Gasteiger charge is -2.19. The van der Waals surface area contributed by atoms with Crippen LogP contribution in [0.5, 0.6) is 0 Å². The van der Waals surface area contributed by atoms with Crippen molar-refractivity contribution in [2.75, 3.05) is 6.54 Å². The summed E-state index contributed by atoms with van der Waals surface area (Å²) in [5, 5.41) is 8.13. The molecule has 0 radical (unpaired) electrons. The number of nitrogens with one attached hydrogen (secondary N) is 1. The van der Waals surface area contributed by atoms with Crippen LogP contribution in [0, 0.1) is 12.8 Å². The number of aromatic nitrogens is 2. The Morgan fingerprint density at radius 3 is 2.56 bits per heavy atom. The first-order valence-corrected chi connectivity index (χ1v) is 7.33. The Morgan fingerprint density at radius 1 is 1.28 bits per heavy atom. The molecule has 104 valence electrons. The van der Waals surface area contributed by atoms with E-state index in [1.165, 1.54) is 18.5 Å². The first-order valence-electron chi connectivity index (χ1n) is 7.33. The van der Waals surface area contributed by atoms with Gasteiger partial charge in [-0.05, 0) is 45.2 Å². The number of rotatable bonds is 8. The van der Waals surface area contributed by atoms with Gasteiger partial charge in [-0.2, -0.15) is 5.10 Å². The zero-order valence-electron chi connectivity index (χ0n) is 12.7. The molecule has 0 spiro atoms. The highest BCUT2D eigenvalue weighted by molar-refractivity contribution is 5.10. The average Bonchev–Trinajstić information content (AvgIpc) is 2.66. The molecule has 0 aliphatic rings. The molecule has 0 saturated carbocycles. The molecule has 1 aromatic rings. The van der Waals surface area contributed by atoms with Crippen molar-refractivity contribution in [3.05, 3.63) is 17.5 Å². The first-order chi connectivity index (χ1) is 8.56. The lowest BCUT2D eigenvalue weighted by atomic mass is 10.00. The molecule has 3 nitrogen and oxygen atoms in total. The highest BCUT2D eigenvalue weighted by atomic mass is 15.3. The van der Waals surface area contributed by atoms with Gasteiger partial charge in [-0.25, -0.2) is 0 Å². The monoisotopic (exact) mass is 251 g/mol. The number of hydrogen-bond donors (Lipinski definition) is 1. The number of likely N-dealkylation sites (N-methyl/N-ethyl adjacent to an activating group) is 1. The van der Waals surface area contributed by atoms with Crippen molar-refractivity contribution in [1.29, 1.82) is 0 Å². The Bertz CT molecular complexity index is 342. The lowest BCUT2D eigenvalue weighted by molar-refractivity contribution is 0.424. The quantitative estimate of drug-likeness (QED) is 0.769. The minimum absolute atomic E-state index is 0.582. The van der Waals surface area contributed by atoms with E-state index in [-0.39, 0.29) is 0 Å². The van der Waals surface area contributed by atoms with Crippen molar-refractivity contribution >= 4 is 0 Å². The van der Waals surface area contributed by atoms with Gasteiger partial charge in [0.1, 0.15) is 0 Å². The lowest BCUT2D eigenvalue weighted by Crippen LogP contribution is -2.32. The van der Waals surface area contributed by atoms with Crippen LogP contribution in [0.2, 0.25) is 0 Å². The van der Waals surface area contributed by atoms with Crippen molar-refractivity contribution in [3.63, 3.8) is 0 Å². The van der Waals surface area contributed by atoms with Gasteiger partial charge in [0.05, 0.1) is 5.69 Å². The fraction of sp³-hybridized carbons (Fsp3) is 0.800. The molecule has 1 heterocycles. The largest absolute Gasteiger partial charge is 0.314 e. The van der Waals surface area contributed by atoms with Crippen molar-refractivity contribution in [3.8, 4) is 0 Å². The van der Waals surface area contributed by atoms with E-state index in [1.807, 2.05) is 0 Å². The summed E-state index contributed by atoms with van der Waals surface area (Å²) >= 11 is 0. The van der Waals surface area contributed by atoms with Crippen LogP contribution in [0.3, 0.4) is 0 Å². The molecule has 0 aliphatic carbocycles. The van der Waals surface area contributed by atoms with Crippen LogP contribution in [0.4, 0.5) is 0 Å². The standard InChI is InChI=1S/C15H29N3/c1-6-16-14(9-8-12(3)4)11-15-10-13(5)17-18(15)7-2/h10,12,14,16H,6-9,11H2,1-5H3. The Hall–Kier alpha value is -0.830. The summed E-state index contributed by atoms with van der Waals surface area (Å²) in [7, 11) is 0. The molecule has 18 heavy (non-hydrogen) atoms. The first kappa shape index (κ1) is 15.2. The zero-order chi connectivity index (χ0) is 13.5. The summed E-state index contributed by atoms with van der Waals surface area (Å²) < 4.78 is 2.13. The Balaban J connectivity index is 2.63. The SMILES string of the molecule is CCNC(CCC(C)C)Cc1cc(C)nn1CC. The molecule has 0 fully saturated rings. The van der Waals surface area contributed by atoms with Gasteiger partial charge >= 0.3 is 0 Å². The summed E-state index contributed by atoms with van der Waals surface area (Å²) in [6.45, 7) is 13.0.